The molecule has 1 fully saturated rings. The summed E-state index contributed by atoms with van der Waals surface area (Å²) in [6.07, 6.45) is 7.94. The van der Waals surface area contributed by atoms with Gasteiger partial charge in [-0.1, -0.05) is 13.3 Å². The highest BCUT2D eigenvalue weighted by Gasteiger charge is 2.23. The largest absolute Gasteiger partial charge is 0.473 e. The molecule has 0 saturated carbocycles. The first-order valence-electron chi connectivity index (χ1n) is 8.54. The number of unbranched alkanes of at least 4 members (excludes halogenated alkanes) is 1. The highest BCUT2D eigenvalue weighted by molar-refractivity contribution is 5.76. The van der Waals surface area contributed by atoms with Gasteiger partial charge in [0.05, 0.1) is 0 Å². The third-order valence-corrected chi connectivity index (χ3v) is 4.19. The zero-order chi connectivity index (χ0) is 16.8. The van der Waals surface area contributed by atoms with Crippen LogP contribution in [0.4, 0.5) is 0 Å². The molecular weight excluding hydrogens is 306 g/mol. The van der Waals surface area contributed by atoms with Gasteiger partial charge in [-0.15, -0.1) is 10.2 Å². The smallest absolute Gasteiger partial charge is 0.233 e. The third kappa shape index (κ3) is 4.10. The number of hydrogen-bond acceptors (Lipinski definition) is 5. The molecule has 24 heavy (non-hydrogen) atoms. The molecule has 2 aromatic heterocycles. The van der Waals surface area contributed by atoms with Crippen LogP contribution in [0.5, 0.6) is 5.88 Å². The number of carbonyl (C=O) groups is 1. The van der Waals surface area contributed by atoms with Crippen LogP contribution in [0.1, 0.15) is 39.0 Å². The van der Waals surface area contributed by atoms with Crippen molar-refractivity contribution in [2.24, 2.45) is 0 Å². The van der Waals surface area contributed by atoms with Crippen LogP contribution in [0.25, 0.3) is 5.82 Å². The molecule has 7 heteroatoms. The van der Waals surface area contributed by atoms with E-state index in [0.29, 0.717) is 18.1 Å². The van der Waals surface area contributed by atoms with Gasteiger partial charge in [0, 0.05) is 50.8 Å². The molecule has 2 aromatic rings. The Morgan fingerprint density at radius 3 is 2.75 bits per heavy atom. The minimum absolute atomic E-state index is 0.0880. The van der Waals surface area contributed by atoms with Gasteiger partial charge in [0.1, 0.15) is 6.10 Å². The maximum atomic E-state index is 12.0. The number of hydrogen-bond donors (Lipinski definition) is 0. The van der Waals surface area contributed by atoms with E-state index in [-0.39, 0.29) is 12.0 Å². The van der Waals surface area contributed by atoms with Crippen LogP contribution in [0, 0.1) is 0 Å². The molecule has 1 amide bonds. The second kappa shape index (κ2) is 7.90. The van der Waals surface area contributed by atoms with E-state index < -0.39 is 0 Å². The van der Waals surface area contributed by atoms with Crippen LogP contribution >= 0.6 is 0 Å². The average molecular weight is 329 g/mol. The Morgan fingerprint density at radius 2 is 2.12 bits per heavy atom. The summed E-state index contributed by atoms with van der Waals surface area (Å²) in [4.78, 5) is 14.0. The number of rotatable bonds is 6. The lowest BCUT2D eigenvalue weighted by atomic mass is 10.1. The monoisotopic (exact) mass is 329 g/mol. The van der Waals surface area contributed by atoms with Crippen molar-refractivity contribution in [3.8, 4) is 11.7 Å². The lowest BCUT2D eigenvalue weighted by Gasteiger charge is -2.32. The number of piperidine rings is 1. The summed E-state index contributed by atoms with van der Waals surface area (Å²) in [6, 6.07) is 5.48. The molecule has 3 rings (SSSR count). The van der Waals surface area contributed by atoms with Gasteiger partial charge in [-0.3, -0.25) is 4.79 Å². The van der Waals surface area contributed by atoms with Gasteiger partial charge in [0.25, 0.3) is 0 Å². The van der Waals surface area contributed by atoms with Crippen molar-refractivity contribution in [2.75, 3.05) is 13.1 Å². The van der Waals surface area contributed by atoms with Gasteiger partial charge in [0.2, 0.25) is 11.8 Å². The minimum Gasteiger partial charge on any atom is -0.473 e. The van der Waals surface area contributed by atoms with Crippen LogP contribution in [0.2, 0.25) is 0 Å². The number of nitrogens with zero attached hydrogens (tertiary/aromatic N) is 5. The molecule has 128 valence electrons. The summed E-state index contributed by atoms with van der Waals surface area (Å²) < 4.78 is 7.55. The van der Waals surface area contributed by atoms with Gasteiger partial charge >= 0.3 is 0 Å². The van der Waals surface area contributed by atoms with E-state index in [1.54, 1.807) is 10.9 Å². The summed E-state index contributed by atoms with van der Waals surface area (Å²) >= 11 is 0. The van der Waals surface area contributed by atoms with Crippen molar-refractivity contribution in [1.82, 2.24) is 24.9 Å². The summed E-state index contributed by atoms with van der Waals surface area (Å²) in [7, 11) is 0. The SMILES string of the molecule is CCCCC(=O)N1CCC(Oc2ccc(-n3cccn3)nn2)CC1. The normalized spacial score (nSPS) is 15.5. The van der Waals surface area contributed by atoms with Gasteiger partial charge in [-0.05, 0) is 18.6 Å². The first-order chi connectivity index (χ1) is 11.8. The van der Waals surface area contributed by atoms with Crippen molar-refractivity contribution in [1.29, 1.82) is 0 Å². The predicted octanol–water partition coefficient (Wildman–Crippen LogP) is 2.22. The molecule has 7 nitrogen and oxygen atoms in total. The first-order valence-corrected chi connectivity index (χ1v) is 8.54. The fraction of sp³-hybridized carbons (Fsp3) is 0.529. The molecule has 3 heterocycles. The molecule has 0 aliphatic carbocycles. The van der Waals surface area contributed by atoms with Crippen LogP contribution in [-0.2, 0) is 4.79 Å². The zero-order valence-electron chi connectivity index (χ0n) is 14.0. The molecule has 0 spiro atoms. The Labute approximate surface area is 141 Å². The number of likely N-dealkylation sites (tertiary alicyclic amines) is 1. The Hall–Kier alpha value is -2.44. The highest BCUT2D eigenvalue weighted by atomic mass is 16.5. The predicted molar refractivity (Wildman–Crippen MR) is 88.9 cm³/mol. The second-order valence-electron chi connectivity index (χ2n) is 5.98. The highest BCUT2D eigenvalue weighted by Crippen LogP contribution is 2.18. The molecule has 0 radical (unpaired) electrons. The number of aromatic nitrogens is 4. The molecule has 1 aliphatic heterocycles. The van der Waals surface area contributed by atoms with E-state index in [4.69, 9.17) is 4.74 Å². The first kappa shape index (κ1) is 16.4. The summed E-state index contributed by atoms with van der Waals surface area (Å²) in [5, 5.41) is 12.3. The minimum atomic E-state index is 0.0880. The van der Waals surface area contributed by atoms with Crippen molar-refractivity contribution in [3.05, 3.63) is 30.6 Å². The van der Waals surface area contributed by atoms with Crippen LogP contribution in [-0.4, -0.2) is 50.0 Å². The summed E-state index contributed by atoms with van der Waals surface area (Å²) in [6.45, 7) is 3.62. The van der Waals surface area contributed by atoms with E-state index in [1.807, 2.05) is 29.3 Å². The quantitative estimate of drug-likeness (QED) is 0.812. The van der Waals surface area contributed by atoms with Crippen LogP contribution in [0.3, 0.4) is 0 Å². The van der Waals surface area contributed by atoms with Gasteiger partial charge < -0.3 is 9.64 Å². The van der Waals surface area contributed by atoms with Crippen molar-refractivity contribution in [3.63, 3.8) is 0 Å². The standard InChI is InChI=1S/C17H23N5O2/c1-2-3-5-17(23)21-12-8-14(9-13-21)24-16-7-6-15(19-20-16)22-11-4-10-18-22/h4,6-7,10-11,14H,2-3,5,8-9,12-13H2,1H3. The zero-order valence-corrected chi connectivity index (χ0v) is 14.0. The van der Waals surface area contributed by atoms with Crippen molar-refractivity contribution in [2.45, 2.75) is 45.1 Å². The number of ether oxygens (including phenoxy) is 1. The Kier molecular flexibility index (Phi) is 5.40. The molecule has 1 aliphatic rings. The molecule has 0 atom stereocenters. The fourth-order valence-corrected chi connectivity index (χ4v) is 2.78. The maximum absolute atomic E-state index is 12.0. The topological polar surface area (TPSA) is 73.1 Å². The molecule has 0 N–H and O–H groups in total. The Balaban J connectivity index is 1.48. The Bertz CT molecular complexity index is 634. The van der Waals surface area contributed by atoms with E-state index in [0.717, 1.165) is 38.8 Å². The van der Waals surface area contributed by atoms with E-state index in [1.165, 1.54) is 0 Å². The van der Waals surface area contributed by atoms with Crippen LogP contribution < -0.4 is 4.74 Å². The van der Waals surface area contributed by atoms with Crippen LogP contribution in [0.15, 0.2) is 30.6 Å². The number of amides is 1. The summed E-state index contributed by atoms with van der Waals surface area (Å²) in [5.41, 5.74) is 0. The Morgan fingerprint density at radius 1 is 1.29 bits per heavy atom. The number of carbonyl (C=O) groups excluding carboxylic acids is 1. The van der Waals surface area contributed by atoms with Gasteiger partial charge in [-0.25, -0.2) is 4.68 Å². The average Bonchev–Trinajstić information content (AvgIpc) is 3.15. The lowest BCUT2D eigenvalue weighted by molar-refractivity contribution is -0.133. The molecule has 0 unspecified atom stereocenters. The van der Waals surface area contributed by atoms with Crippen molar-refractivity contribution < 1.29 is 9.53 Å². The lowest BCUT2D eigenvalue weighted by Crippen LogP contribution is -2.41. The van der Waals surface area contributed by atoms with Gasteiger partial charge in [0.15, 0.2) is 5.82 Å². The second-order valence-corrected chi connectivity index (χ2v) is 5.98. The van der Waals surface area contributed by atoms with Gasteiger partial charge in [-0.2, -0.15) is 5.10 Å². The van der Waals surface area contributed by atoms with Crippen molar-refractivity contribution >= 4 is 5.91 Å². The summed E-state index contributed by atoms with van der Waals surface area (Å²) in [5.74, 6) is 1.43. The molecule has 1 saturated heterocycles. The van der Waals surface area contributed by atoms with E-state index in [2.05, 4.69) is 22.2 Å². The van der Waals surface area contributed by atoms with E-state index in [9.17, 15) is 4.79 Å². The molecule has 0 bridgehead atoms. The fourth-order valence-electron chi connectivity index (χ4n) is 2.78. The third-order valence-electron chi connectivity index (χ3n) is 4.19. The molecule has 0 aromatic carbocycles. The maximum Gasteiger partial charge on any atom is 0.233 e. The van der Waals surface area contributed by atoms with E-state index >= 15 is 0 Å². The molecular formula is C17H23N5O2.